The number of nitrogens with one attached hydrogen (secondary N) is 1. The zero-order valence-electron chi connectivity index (χ0n) is 14.2. The monoisotopic (exact) mass is 346 g/mol. The van der Waals surface area contributed by atoms with Crippen LogP contribution >= 0.6 is 0 Å². The first-order valence-electron chi connectivity index (χ1n) is 8.24. The van der Waals surface area contributed by atoms with Gasteiger partial charge in [0.25, 0.3) is 5.56 Å². The second-order valence-corrected chi connectivity index (χ2v) is 6.06. The molecule has 0 fully saturated rings. The summed E-state index contributed by atoms with van der Waals surface area (Å²) in [6.07, 6.45) is 4.27. The second kappa shape index (κ2) is 8.09. The molecule has 3 rings (SSSR count). The highest BCUT2D eigenvalue weighted by atomic mass is 16.5. The summed E-state index contributed by atoms with van der Waals surface area (Å²) in [4.78, 5) is 30.7. The van der Waals surface area contributed by atoms with Gasteiger partial charge in [-0.1, -0.05) is 0 Å². The minimum atomic E-state index is -0.235. The van der Waals surface area contributed by atoms with Gasteiger partial charge in [-0.15, -0.1) is 0 Å². The summed E-state index contributed by atoms with van der Waals surface area (Å²) < 4.78 is 11.6. The van der Waals surface area contributed by atoms with E-state index in [0.29, 0.717) is 18.8 Å². The van der Waals surface area contributed by atoms with Crippen molar-refractivity contribution in [1.29, 1.82) is 0 Å². The van der Waals surface area contributed by atoms with Gasteiger partial charge in [0.05, 0.1) is 31.3 Å². The van der Waals surface area contributed by atoms with Gasteiger partial charge < -0.3 is 14.5 Å². The number of amides is 1. The van der Waals surface area contributed by atoms with Gasteiger partial charge in [-0.25, -0.2) is 4.98 Å². The van der Waals surface area contributed by atoms with E-state index in [1.54, 1.807) is 17.1 Å². The highest BCUT2D eigenvalue weighted by Crippen LogP contribution is 2.13. The number of carbonyl (C=O) groups excluding carboxylic acids is 1. The number of hydrogen-bond donors (Lipinski definition) is 1. The summed E-state index contributed by atoms with van der Waals surface area (Å²) in [6.45, 7) is 3.07. The first-order valence-corrected chi connectivity index (χ1v) is 8.24. The summed E-state index contributed by atoms with van der Waals surface area (Å²) in [5, 5.41) is 2.70. The van der Waals surface area contributed by atoms with E-state index in [-0.39, 0.29) is 24.6 Å². The molecule has 3 heterocycles. The van der Waals surface area contributed by atoms with E-state index in [2.05, 4.69) is 15.2 Å². The molecule has 0 saturated heterocycles. The maximum absolute atomic E-state index is 12.4. The smallest absolute Gasteiger partial charge is 0.253 e. The Balaban J connectivity index is 1.74. The Bertz CT molecular complexity index is 769. The third-order valence-electron chi connectivity index (χ3n) is 4.09. The molecule has 1 N–H and O–H groups in total. The van der Waals surface area contributed by atoms with Gasteiger partial charge in [-0.05, 0) is 12.5 Å². The molecule has 0 aromatic carbocycles. The molecule has 0 spiro atoms. The third-order valence-corrected chi connectivity index (χ3v) is 4.09. The first-order chi connectivity index (χ1) is 12.2. The van der Waals surface area contributed by atoms with Crippen LogP contribution in [0.25, 0.3) is 0 Å². The lowest BCUT2D eigenvalue weighted by atomic mass is 10.3. The number of carbonyl (C=O) groups is 1. The van der Waals surface area contributed by atoms with Gasteiger partial charge in [0, 0.05) is 38.4 Å². The molecule has 1 aliphatic rings. The van der Waals surface area contributed by atoms with E-state index in [1.165, 1.54) is 13.2 Å². The van der Waals surface area contributed by atoms with Gasteiger partial charge in [-0.2, -0.15) is 0 Å². The fourth-order valence-electron chi connectivity index (χ4n) is 2.94. The molecule has 0 aliphatic carbocycles. The lowest BCUT2D eigenvalue weighted by Gasteiger charge is -2.18. The van der Waals surface area contributed by atoms with Crippen molar-refractivity contribution in [2.75, 3.05) is 20.3 Å². The average molecular weight is 346 g/mol. The molecular formula is C17H22N4O4. The molecule has 25 heavy (non-hydrogen) atoms. The normalized spacial score (nSPS) is 14.8. The summed E-state index contributed by atoms with van der Waals surface area (Å²) in [5.74, 6) is 0.491. The molecule has 2 aromatic heterocycles. The molecule has 134 valence electrons. The van der Waals surface area contributed by atoms with E-state index in [0.717, 1.165) is 30.9 Å². The van der Waals surface area contributed by atoms with Crippen molar-refractivity contribution in [2.45, 2.75) is 32.6 Å². The number of hydrogen-bond acceptors (Lipinski definition) is 6. The van der Waals surface area contributed by atoms with Crippen LogP contribution in [0.2, 0.25) is 0 Å². The van der Waals surface area contributed by atoms with Crippen LogP contribution in [0.5, 0.6) is 0 Å². The molecule has 1 aliphatic heterocycles. The number of fused-ring (bicyclic) bond motifs is 1. The number of nitrogens with zero attached hydrogens (tertiary/aromatic N) is 3. The van der Waals surface area contributed by atoms with E-state index in [4.69, 9.17) is 9.15 Å². The summed E-state index contributed by atoms with van der Waals surface area (Å²) in [7, 11) is 1.46. The van der Waals surface area contributed by atoms with Gasteiger partial charge in [0.2, 0.25) is 5.91 Å². The van der Waals surface area contributed by atoms with Crippen molar-refractivity contribution >= 4 is 5.91 Å². The number of rotatable bonds is 6. The highest BCUT2D eigenvalue weighted by Gasteiger charge is 2.18. The Morgan fingerprint density at radius 3 is 3.08 bits per heavy atom. The molecule has 2 aromatic rings. The molecule has 8 heteroatoms. The topological polar surface area (TPSA) is 89.6 Å². The standard InChI is InChI=1S/C17H22N4O4/c1-24-12-16(22)18-8-14-7-17(23)21-5-2-4-20(10-15(21)19-14)9-13-3-6-25-11-13/h3,6-7,11H,2,4-5,8-10,12H2,1H3,(H,18,22). The van der Waals surface area contributed by atoms with E-state index in [1.807, 2.05) is 6.07 Å². The zero-order valence-corrected chi connectivity index (χ0v) is 14.2. The van der Waals surface area contributed by atoms with Crippen molar-refractivity contribution < 1.29 is 13.9 Å². The maximum atomic E-state index is 12.4. The predicted octanol–water partition coefficient (Wildman–Crippen LogP) is 0.505. The quantitative estimate of drug-likeness (QED) is 0.819. The van der Waals surface area contributed by atoms with Crippen LogP contribution in [-0.4, -0.2) is 40.6 Å². The molecule has 8 nitrogen and oxygen atoms in total. The molecule has 0 radical (unpaired) electrons. The van der Waals surface area contributed by atoms with Crippen LogP contribution in [0, 0.1) is 0 Å². The Morgan fingerprint density at radius 1 is 1.44 bits per heavy atom. The largest absolute Gasteiger partial charge is 0.472 e. The van der Waals surface area contributed by atoms with E-state index >= 15 is 0 Å². The van der Waals surface area contributed by atoms with E-state index < -0.39 is 0 Å². The van der Waals surface area contributed by atoms with Crippen LogP contribution in [0.1, 0.15) is 23.5 Å². The Kier molecular flexibility index (Phi) is 5.62. The van der Waals surface area contributed by atoms with Crippen LogP contribution in [0.4, 0.5) is 0 Å². The number of aromatic nitrogens is 2. The summed E-state index contributed by atoms with van der Waals surface area (Å²) in [6, 6.07) is 3.43. The summed E-state index contributed by atoms with van der Waals surface area (Å²) in [5.41, 5.74) is 1.58. The Morgan fingerprint density at radius 2 is 2.32 bits per heavy atom. The third kappa shape index (κ3) is 4.55. The Labute approximate surface area is 145 Å². The van der Waals surface area contributed by atoms with Crippen LogP contribution in [0.15, 0.2) is 33.9 Å². The fraction of sp³-hybridized carbons (Fsp3) is 0.471. The van der Waals surface area contributed by atoms with Crippen LogP contribution in [-0.2, 0) is 35.7 Å². The van der Waals surface area contributed by atoms with Crippen molar-refractivity contribution in [2.24, 2.45) is 0 Å². The first kappa shape index (κ1) is 17.4. The Hall–Kier alpha value is -2.45. The van der Waals surface area contributed by atoms with Crippen molar-refractivity contribution in [1.82, 2.24) is 19.8 Å². The van der Waals surface area contributed by atoms with Gasteiger partial charge in [0.1, 0.15) is 12.4 Å². The highest BCUT2D eigenvalue weighted by molar-refractivity contribution is 5.77. The van der Waals surface area contributed by atoms with Crippen LogP contribution < -0.4 is 10.9 Å². The number of ether oxygens (including phenoxy) is 1. The number of furan rings is 1. The van der Waals surface area contributed by atoms with Crippen molar-refractivity contribution in [3.8, 4) is 0 Å². The van der Waals surface area contributed by atoms with Crippen molar-refractivity contribution in [3.63, 3.8) is 0 Å². The predicted molar refractivity (Wildman–Crippen MR) is 89.7 cm³/mol. The van der Waals surface area contributed by atoms with Gasteiger partial charge >= 0.3 is 0 Å². The lowest BCUT2D eigenvalue weighted by Crippen LogP contribution is -2.31. The molecule has 0 atom stereocenters. The van der Waals surface area contributed by atoms with Crippen LogP contribution in [0.3, 0.4) is 0 Å². The average Bonchev–Trinajstić information content (AvgIpc) is 2.99. The van der Waals surface area contributed by atoms with Gasteiger partial charge in [-0.3, -0.25) is 19.1 Å². The lowest BCUT2D eigenvalue weighted by molar-refractivity contribution is -0.124. The molecular weight excluding hydrogens is 324 g/mol. The zero-order chi connectivity index (χ0) is 17.6. The molecule has 0 bridgehead atoms. The molecule has 1 amide bonds. The minimum Gasteiger partial charge on any atom is -0.472 e. The minimum absolute atomic E-state index is 0.0115. The van der Waals surface area contributed by atoms with Crippen molar-refractivity contribution in [3.05, 3.63) is 52.1 Å². The fourth-order valence-corrected chi connectivity index (χ4v) is 2.94. The number of methoxy groups -OCH3 is 1. The maximum Gasteiger partial charge on any atom is 0.253 e. The second-order valence-electron chi connectivity index (χ2n) is 6.06. The van der Waals surface area contributed by atoms with E-state index in [9.17, 15) is 9.59 Å². The van der Waals surface area contributed by atoms with Gasteiger partial charge in [0.15, 0.2) is 0 Å². The SMILES string of the molecule is COCC(=O)NCc1cc(=O)n2c(n1)CN(Cc1ccoc1)CCC2. The summed E-state index contributed by atoms with van der Waals surface area (Å²) >= 11 is 0. The molecule has 0 saturated carbocycles. The molecule has 0 unspecified atom stereocenters.